The van der Waals surface area contributed by atoms with Crippen molar-refractivity contribution in [3.8, 4) is 0 Å². The van der Waals surface area contributed by atoms with Crippen LogP contribution in [0.1, 0.15) is 28.4 Å². The molecule has 0 unspecified atom stereocenters. The number of amides is 1. The van der Waals surface area contributed by atoms with Gasteiger partial charge in [-0.3, -0.25) is 9.78 Å². The Hall–Kier alpha value is -2.29. The van der Waals surface area contributed by atoms with E-state index in [9.17, 15) is 31.1 Å². The molecular weight excluding hydrogens is 374 g/mol. The Morgan fingerprint density at radius 1 is 1.00 bits per heavy atom. The molecule has 0 fully saturated rings. The second-order valence-electron chi connectivity index (χ2n) is 4.89. The summed E-state index contributed by atoms with van der Waals surface area (Å²) in [7, 11) is 0. The van der Waals surface area contributed by atoms with Gasteiger partial charge in [0.05, 0.1) is 27.9 Å². The first-order valence-electron chi connectivity index (χ1n) is 6.64. The van der Waals surface area contributed by atoms with Crippen LogP contribution in [-0.2, 0) is 17.1 Å². The highest BCUT2D eigenvalue weighted by atomic mass is 35.5. The molecule has 0 bridgehead atoms. The number of rotatable bonds is 4. The second-order valence-corrected chi connectivity index (χ2v) is 5.30. The van der Waals surface area contributed by atoms with E-state index in [4.69, 9.17) is 11.6 Å². The maximum atomic E-state index is 13.3. The number of nitrogens with one attached hydrogen (secondary N) is 1. The minimum Gasteiger partial charge on any atom is -0.346 e. The molecular formula is C15H9ClF6N2O. The van der Waals surface area contributed by atoms with Crippen molar-refractivity contribution in [1.29, 1.82) is 0 Å². The van der Waals surface area contributed by atoms with E-state index in [-0.39, 0.29) is 12.0 Å². The van der Waals surface area contributed by atoms with E-state index < -0.39 is 40.2 Å². The lowest BCUT2D eigenvalue weighted by molar-refractivity contribution is -0.139. The molecule has 0 saturated heterocycles. The first kappa shape index (κ1) is 19.0. The zero-order valence-electron chi connectivity index (χ0n) is 12.1. The largest absolute Gasteiger partial charge is 0.419 e. The molecule has 3 nitrogen and oxygen atoms in total. The molecule has 1 N–H and O–H groups in total. The fraction of sp³-hybridized carbons (Fsp3) is 0.200. The van der Waals surface area contributed by atoms with E-state index in [2.05, 4.69) is 10.3 Å². The summed E-state index contributed by atoms with van der Waals surface area (Å²) in [5.74, 6) is 0. The van der Waals surface area contributed by atoms with Gasteiger partial charge in [0, 0.05) is 6.20 Å². The van der Waals surface area contributed by atoms with E-state index in [1.807, 2.05) is 0 Å². The highest BCUT2D eigenvalue weighted by molar-refractivity contribution is 6.31. The molecule has 10 heteroatoms. The zero-order valence-corrected chi connectivity index (χ0v) is 12.9. The van der Waals surface area contributed by atoms with Crippen LogP contribution in [0.4, 0.5) is 26.3 Å². The van der Waals surface area contributed by atoms with Crippen molar-refractivity contribution < 1.29 is 31.1 Å². The predicted octanol–water partition coefficient (Wildman–Crippen LogP) is 4.61. The summed E-state index contributed by atoms with van der Waals surface area (Å²) in [6.07, 6.45) is -8.32. The molecule has 0 aliphatic carbocycles. The first-order chi connectivity index (χ1) is 11.6. The topological polar surface area (TPSA) is 42.0 Å². The summed E-state index contributed by atoms with van der Waals surface area (Å²) in [6, 6.07) is 2.84. The number of carbonyl (C=O) groups excluding carboxylic acids is 1. The number of benzene rings is 1. The van der Waals surface area contributed by atoms with E-state index in [0.717, 1.165) is 24.4 Å². The molecule has 1 aromatic carbocycles. The monoisotopic (exact) mass is 382 g/mol. The van der Waals surface area contributed by atoms with Crippen molar-refractivity contribution in [2.24, 2.45) is 0 Å². The normalized spacial score (nSPS) is 13.4. The third-order valence-electron chi connectivity index (χ3n) is 3.29. The molecule has 2 aromatic rings. The predicted molar refractivity (Wildman–Crippen MR) is 76.7 cm³/mol. The third-order valence-corrected chi connectivity index (χ3v) is 3.61. The van der Waals surface area contributed by atoms with Gasteiger partial charge in [-0.2, -0.15) is 26.3 Å². The molecule has 0 aliphatic rings. The van der Waals surface area contributed by atoms with Gasteiger partial charge >= 0.3 is 12.4 Å². The molecule has 1 amide bonds. The van der Waals surface area contributed by atoms with E-state index in [1.165, 1.54) is 0 Å². The Morgan fingerprint density at radius 3 is 2.08 bits per heavy atom. The van der Waals surface area contributed by atoms with Crippen molar-refractivity contribution in [1.82, 2.24) is 10.3 Å². The van der Waals surface area contributed by atoms with Crippen LogP contribution in [0.15, 0.2) is 36.5 Å². The number of halogens is 7. The Kier molecular flexibility index (Phi) is 5.26. The highest BCUT2D eigenvalue weighted by Crippen LogP contribution is 2.40. The van der Waals surface area contributed by atoms with Crippen LogP contribution in [0, 0.1) is 0 Å². The van der Waals surface area contributed by atoms with Crippen LogP contribution in [0.5, 0.6) is 0 Å². The molecule has 0 radical (unpaired) electrons. The van der Waals surface area contributed by atoms with Crippen molar-refractivity contribution in [3.05, 3.63) is 63.9 Å². The lowest BCUT2D eigenvalue weighted by atomic mass is 9.98. The summed E-state index contributed by atoms with van der Waals surface area (Å²) in [4.78, 5) is 14.4. The fourth-order valence-corrected chi connectivity index (χ4v) is 2.48. The molecule has 0 saturated carbocycles. The zero-order chi connectivity index (χ0) is 18.8. The smallest absolute Gasteiger partial charge is 0.346 e. The van der Waals surface area contributed by atoms with Gasteiger partial charge in [-0.05, 0) is 23.8 Å². The first-order valence-corrected chi connectivity index (χ1v) is 7.02. The third kappa shape index (κ3) is 4.22. The number of hydrogen-bond donors (Lipinski definition) is 1. The standard InChI is InChI=1S/C15H9ClF6N2O/c16-10-5-6-23-13(11(10)15(20,21)22)12(24-7-25)8-1-3-9(4-2-8)14(17,18)19/h1-7,12H,(H,24,25)/t12-/m0/s1. The maximum absolute atomic E-state index is 13.3. The average Bonchev–Trinajstić information content (AvgIpc) is 2.50. The van der Waals surface area contributed by atoms with Gasteiger partial charge in [0.15, 0.2) is 0 Å². The molecule has 134 valence electrons. The van der Waals surface area contributed by atoms with Gasteiger partial charge < -0.3 is 5.32 Å². The van der Waals surface area contributed by atoms with Crippen LogP contribution >= 0.6 is 11.6 Å². The van der Waals surface area contributed by atoms with Crippen LogP contribution in [0.3, 0.4) is 0 Å². The lowest BCUT2D eigenvalue weighted by Crippen LogP contribution is -2.25. The van der Waals surface area contributed by atoms with Crippen LogP contribution in [0.2, 0.25) is 5.02 Å². The van der Waals surface area contributed by atoms with Gasteiger partial charge in [0.25, 0.3) is 0 Å². The molecule has 1 atom stereocenters. The second kappa shape index (κ2) is 6.91. The average molecular weight is 383 g/mol. The van der Waals surface area contributed by atoms with E-state index >= 15 is 0 Å². The summed E-state index contributed by atoms with van der Waals surface area (Å²) < 4.78 is 77.6. The number of aromatic nitrogens is 1. The maximum Gasteiger partial charge on any atom is 0.419 e. The quantitative estimate of drug-likeness (QED) is 0.620. The van der Waals surface area contributed by atoms with Crippen molar-refractivity contribution >= 4 is 18.0 Å². The van der Waals surface area contributed by atoms with Crippen molar-refractivity contribution in [3.63, 3.8) is 0 Å². The number of hydrogen-bond acceptors (Lipinski definition) is 2. The number of nitrogens with zero attached hydrogens (tertiary/aromatic N) is 1. The van der Waals surface area contributed by atoms with Gasteiger partial charge in [-0.25, -0.2) is 0 Å². The SMILES string of the molecule is O=CN[C@@H](c1ccc(C(F)(F)F)cc1)c1nccc(Cl)c1C(F)(F)F. The molecule has 1 heterocycles. The van der Waals surface area contributed by atoms with Crippen LogP contribution in [0.25, 0.3) is 0 Å². The molecule has 25 heavy (non-hydrogen) atoms. The minimum absolute atomic E-state index is 0.0135. The number of alkyl halides is 6. The van der Waals surface area contributed by atoms with Gasteiger partial charge in [-0.15, -0.1) is 0 Å². The summed E-state index contributed by atoms with van der Waals surface area (Å²) in [5.41, 5.74) is -2.88. The summed E-state index contributed by atoms with van der Waals surface area (Å²) in [5, 5.41) is 1.49. The van der Waals surface area contributed by atoms with Crippen molar-refractivity contribution in [2.45, 2.75) is 18.4 Å². The number of pyridine rings is 1. The van der Waals surface area contributed by atoms with Gasteiger partial charge in [0.2, 0.25) is 6.41 Å². The lowest BCUT2D eigenvalue weighted by Gasteiger charge is -2.21. The highest BCUT2D eigenvalue weighted by Gasteiger charge is 2.39. The molecule has 0 spiro atoms. The van der Waals surface area contributed by atoms with Crippen LogP contribution < -0.4 is 5.32 Å². The molecule has 0 aliphatic heterocycles. The number of carbonyl (C=O) groups is 1. The minimum atomic E-state index is -4.87. The summed E-state index contributed by atoms with van der Waals surface area (Å²) >= 11 is 5.61. The molecule has 2 rings (SSSR count). The van der Waals surface area contributed by atoms with Crippen LogP contribution in [-0.4, -0.2) is 11.4 Å². The molecule has 1 aromatic heterocycles. The Labute approximate surface area is 142 Å². The van der Waals surface area contributed by atoms with Crippen molar-refractivity contribution in [2.75, 3.05) is 0 Å². The van der Waals surface area contributed by atoms with Gasteiger partial charge in [0.1, 0.15) is 0 Å². The van der Waals surface area contributed by atoms with Gasteiger partial charge in [-0.1, -0.05) is 23.7 Å². The Bertz CT molecular complexity index is 758. The Morgan fingerprint density at radius 2 is 1.60 bits per heavy atom. The Balaban J connectivity index is 2.57. The van der Waals surface area contributed by atoms with E-state index in [0.29, 0.717) is 12.1 Å². The fourth-order valence-electron chi connectivity index (χ4n) is 2.22. The summed E-state index contributed by atoms with van der Waals surface area (Å²) in [6.45, 7) is 0. The van der Waals surface area contributed by atoms with E-state index in [1.54, 1.807) is 0 Å².